The molecular formula is C58H37N. The van der Waals surface area contributed by atoms with Gasteiger partial charge < -0.3 is 4.90 Å². The molecule has 0 fully saturated rings. The Morgan fingerprint density at radius 2 is 0.508 bits per heavy atom. The maximum absolute atomic E-state index is 2.41. The van der Waals surface area contributed by atoms with E-state index in [1.807, 2.05) is 0 Å². The minimum absolute atomic E-state index is 1.10. The molecule has 0 aromatic heterocycles. The van der Waals surface area contributed by atoms with Gasteiger partial charge in [0.2, 0.25) is 0 Å². The molecule has 0 amide bonds. The van der Waals surface area contributed by atoms with Gasteiger partial charge in [-0.2, -0.15) is 0 Å². The summed E-state index contributed by atoms with van der Waals surface area (Å²) in [5.74, 6) is 0. The second-order valence-electron chi connectivity index (χ2n) is 15.6. The van der Waals surface area contributed by atoms with Crippen molar-refractivity contribution in [2.24, 2.45) is 0 Å². The highest BCUT2D eigenvalue weighted by Gasteiger charge is 2.18. The lowest BCUT2D eigenvalue weighted by molar-refractivity contribution is 1.29. The van der Waals surface area contributed by atoms with Crippen molar-refractivity contribution < 1.29 is 0 Å². The second-order valence-corrected chi connectivity index (χ2v) is 15.6. The molecule has 0 heterocycles. The predicted molar refractivity (Wildman–Crippen MR) is 255 cm³/mol. The van der Waals surface area contributed by atoms with Crippen LogP contribution in [0.4, 0.5) is 17.1 Å². The van der Waals surface area contributed by atoms with Crippen LogP contribution in [-0.4, -0.2) is 0 Å². The van der Waals surface area contributed by atoms with Crippen molar-refractivity contribution in [3.63, 3.8) is 0 Å². The molecule has 0 saturated heterocycles. The fourth-order valence-electron chi connectivity index (χ4n) is 9.65. The lowest BCUT2D eigenvalue weighted by Gasteiger charge is -2.27. The van der Waals surface area contributed by atoms with Crippen LogP contribution >= 0.6 is 0 Å². The molecule has 12 aromatic rings. The molecule has 0 aliphatic heterocycles. The normalized spacial score (nSPS) is 11.7. The van der Waals surface area contributed by atoms with Crippen LogP contribution < -0.4 is 4.90 Å². The first-order valence-corrected chi connectivity index (χ1v) is 20.4. The largest absolute Gasteiger partial charge is 0.310 e. The van der Waals surface area contributed by atoms with Crippen molar-refractivity contribution in [3.05, 3.63) is 224 Å². The van der Waals surface area contributed by atoms with Gasteiger partial charge in [0.25, 0.3) is 0 Å². The molecule has 1 heteroatoms. The van der Waals surface area contributed by atoms with E-state index in [0.29, 0.717) is 0 Å². The molecule has 0 atom stereocenters. The molecule has 0 bridgehead atoms. The van der Waals surface area contributed by atoms with Crippen molar-refractivity contribution in [1.29, 1.82) is 0 Å². The van der Waals surface area contributed by atoms with Gasteiger partial charge in [0.1, 0.15) is 0 Å². The van der Waals surface area contributed by atoms with Gasteiger partial charge in [-0.25, -0.2) is 0 Å². The van der Waals surface area contributed by atoms with E-state index in [0.717, 1.165) is 17.1 Å². The standard InChI is InChI=1S/C58H37N/c1-3-15-45-40(13-1)35-56(52-22-10-5-17-47(45)52)38-25-29-42(30-26-38)59(44-33-34-55-51-21-8-7-19-49(51)50-20-9-12-24-54(50)58(55)37-44)43-31-27-39(28-32-43)57-36-41-14-2-4-16-46(41)48-18-6-11-23-53(48)57/h1-37H. The average Bonchev–Trinajstić information content (AvgIpc) is 3.32. The summed E-state index contributed by atoms with van der Waals surface area (Å²) >= 11 is 0. The molecule has 274 valence electrons. The zero-order valence-electron chi connectivity index (χ0n) is 32.3. The first-order chi connectivity index (χ1) is 29.3. The summed E-state index contributed by atoms with van der Waals surface area (Å²) in [4.78, 5) is 2.41. The fourth-order valence-corrected chi connectivity index (χ4v) is 9.65. The van der Waals surface area contributed by atoms with E-state index in [4.69, 9.17) is 0 Å². The first-order valence-electron chi connectivity index (χ1n) is 20.4. The predicted octanol–water partition coefficient (Wildman–Crippen LogP) is 16.6. The van der Waals surface area contributed by atoms with Gasteiger partial charge >= 0.3 is 0 Å². The summed E-state index contributed by atoms with van der Waals surface area (Å²) in [5.41, 5.74) is 8.21. The molecule has 0 unspecified atom stereocenters. The zero-order chi connectivity index (χ0) is 38.9. The van der Waals surface area contributed by atoms with Crippen LogP contribution in [0.15, 0.2) is 224 Å². The van der Waals surface area contributed by atoms with E-state index >= 15 is 0 Å². The number of rotatable bonds is 5. The molecule has 12 aromatic carbocycles. The Hall–Kier alpha value is -7.74. The van der Waals surface area contributed by atoms with E-state index in [1.54, 1.807) is 0 Å². The number of fused-ring (bicyclic) bond motifs is 12. The molecule has 1 nitrogen and oxygen atoms in total. The molecule has 0 aliphatic rings. The topological polar surface area (TPSA) is 3.24 Å². The molecule has 0 aliphatic carbocycles. The van der Waals surface area contributed by atoms with E-state index in [-0.39, 0.29) is 0 Å². The Kier molecular flexibility index (Phi) is 7.61. The maximum atomic E-state index is 2.41. The van der Waals surface area contributed by atoms with Gasteiger partial charge in [-0.1, -0.05) is 176 Å². The molecule has 12 rings (SSSR count). The third-order valence-electron chi connectivity index (χ3n) is 12.4. The van der Waals surface area contributed by atoms with Gasteiger partial charge in [0, 0.05) is 17.1 Å². The summed E-state index contributed by atoms with van der Waals surface area (Å²) < 4.78 is 0. The summed E-state index contributed by atoms with van der Waals surface area (Å²) in [6.07, 6.45) is 0. The highest BCUT2D eigenvalue weighted by atomic mass is 15.1. The van der Waals surface area contributed by atoms with E-state index in [9.17, 15) is 0 Å². The molecule has 0 saturated carbocycles. The first kappa shape index (κ1) is 33.4. The van der Waals surface area contributed by atoms with E-state index in [2.05, 4.69) is 229 Å². The molecular weight excluding hydrogens is 711 g/mol. The number of hydrogen-bond donors (Lipinski definition) is 0. The number of benzene rings is 12. The van der Waals surface area contributed by atoms with Gasteiger partial charge in [-0.05, 0) is 146 Å². The van der Waals surface area contributed by atoms with Crippen LogP contribution in [0.1, 0.15) is 0 Å². The van der Waals surface area contributed by atoms with Crippen LogP contribution in [0.2, 0.25) is 0 Å². The molecule has 0 N–H and O–H groups in total. The molecule has 0 spiro atoms. The summed E-state index contributed by atoms with van der Waals surface area (Å²) in [5, 5.41) is 17.8. The van der Waals surface area contributed by atoms with Crippen LogP contribution in [0.3, 0.4) is 0 Å². The number of hydrogen-bond acceptors (Lipinski definition) is 1. The smallest absolute Gasteiger partial charge is 0.0468 e. The van der Waals surface area contributed by atoms with Crippen molar-refractivity contribution in [3.8, 4) is 22.3 Å². The van der Waals surface area contributed by atoms with Crippen molar-refractivity contribution in [2.75, 3.05) is 4.90 Å². The van der Waals surface area contributed by atoms with Crippen molar-refractivity contribution in [2.45, 2.75) is 0 Å². The van der Waals surface area contributed by atoms with Gasteiger partial charge in [-0.3, -0.25) is 0 Å². The monoisotopic (exact) mass is 747 g/mol. The lowest BCUT2D eigenvalue weighted by atomic mass is 9.92. The lowest BCUT2D eigenvalue weighted by Crippen LogP contribution is -2.10. The third-order valence-corrected chi connectivity index (χ3v) is 12.4. The number of anilines is 3. The Morgan fingerprint density at radius 1 is 0.203 bits per heavy atom. The highest BCUT2D eigenvalue weighted by molar-refractivity contribution is 6.26. The van der Waals surface area contributed by atoms with Crippen molar-refractivity contribution >= 4 is 92.5 Å². The Bertz CT molecular complexity index is 3400. The van der Waals surface area contributed by atoms with Gasteiger partial charge in [-0.15, -0.1) is 0 Å². The SMILES string of the molecule is c1ccc2c(c1)cc(-c1ccc(N(c3ccc(-c4cc5ccccc5c5ccccc45)cc3)c3ccc4c5ccccc5c5ccccc5c4c3)cc1)c1ccccc12. The Labute approximate surface area is 342 Å². The second kappa shape index (κ2) is 13.4. The third kappa shape index (κ3) is 5.40. The Balaban J connectivity index is 1.04. The molecule has 0 radical (unpaired) electrons. The summed E-state index contributed by atoms with van der Waals surface area (Å²) in [6.45, 7) is 0. The summed E-state index contributed by atoms with van der Waals surface area (Å²) in [7, 11) is 0. The summed E-state index contributed by atoms with van der Waals surface area (Å²) in [6, 6.07) is 82.6. The van der Waals surface area contributed by atoms with Crippen LogP contribution in [0.25, 0.3) is 97.7 Å². The average molecular weight is 748 g/mol. The maximum Gasteiger partial charge on any atom is 0.0468 e. The molecule has 59 heavy (non-hydrogen) atoms. The van der Waals surface area contributed by atoms with Gasteiger partial charge in [0.15, 0.2) is 0 Å². The fraction of sp³-hybridized carbons (Fsp3) is 0. The zero-order valence-corrected chi connectivity index (χ0v) is 32.3. The number of nitrogens with zero attached hydrogens (tertiary/aromatic N) is 1. The minimum atomic E-state index is 1.10. The minimum Gasteiger partial charge on any atom is -0.310 e. The van der Waals surface area contributed by atoms with Crippen LogP contribution in [0.5, 0.6) is 0 Å². The highest BCUT2D eigenvalue weighted by Crippen LogP contribution is 2.43. The van der Waals surface area contributed by atoms with Gasteiger partial charge in [0.05, 0.1) is 0 Å². The van der Waals surface area contributed by atoms with Crippen molar-refractivity contribution in [1.82, 2.24) is 0 Å². The van der Waals surface area contributed by atoms with Crippen LogP contribution in [0, 0.1) is 0 Å². The quantitative estimate of drug-likeness (QED) is 0.159. The Morgan fingerprint density at radius 3 is 0.932 bits per heavy atom. The van der Waals surface area contributed by atoms with E-state index in [1.165, 1.54) is 97.7 Å². The van der Waals surface area contributed by atoms with Crippen LogP contribution in [-0.2, 0) is 0 Å². The van der Waals surface area contributed by atoms with E-state index < -0.39 is 0 Å².